The van der Waals surface area contributed by atoms with Gasteiger partial charge in [-0.2, -0.15) is 0 Å². The lowest BCUT2D eigenvalue weighted by Gasteiger charge is -2.37. The highest BCUT2D eigenvalue weighted by atomic mass is 35.5. The van der Waals surface area contributed by atoms with E-state index in [1.165, 1.54) is 4.90 Å². The fourth-order valence-corrected chi connectivity index (χ4v) is 2.81. The highest BCUT2D eigenvalue weighted by Crippen LogP contribution is 2.31. The molecule has 0 saturated carbocycles. The maximum atomic E-state index is 12.8. The van der Waals surface area contributed by atoms with E-state index in [9.17, 15) is 9.59 Å². The lowest BCUT2D eigenvalue weighted by atomic mass is 9.81. The standard InChI is InChI=1S/C15H19ClN2O3/c1-15(6-3-7-17-10-15)14(21)18(9-13(19)20)12-5-2-4-11(16)8-12/h2,4-5,8,17H,3,6-7,9-10H2,1H3,(H,19,20). The summed E-state index contributed by atoms with van der Waals surface area (Å²) < 4.78 is 0. The predicted octanol–water partition coefficient (Wildman–Crippen LogP) is 2.15. The van der Waals surface area contributed by atoms with Gasteiger partial charge >= 0.3 is 5.97 Å². The normalized spacial score (nSPS) is 21.8. The Bertz CT molecular complexity index is 541. The van der Waals surface area contributed by atoms with Gasteiger partial charge in [0.1, 0.15) is 6.54 Å². The molecule has 1 amide bonds. The van der Waals surface area contributed by atoms with E-state index >= 15 is 0 Å². The molecule has 1 aromatic carbocycles. The van der Waals surface area contributed by atoms with E-state index < -0.39 is 11.4 Å². The van der Waals surface area contributed by atoms with Gasteiger partial charge in [-0.25, -0.2) is 0 Å². The Morgan fingerprint density at radius 3 is 2.81 bits per heavy atom. The van der Waals surface area contributed by atoms with E-state index in [1.807, 2.05) is 6.92 Å². The third-order valence-corrected chi connectivity index (χ3v) is 4.01. The third-order valence-electron chi connectivity index (χ3n) is 3.77. The first kappa shape index (κ1) is 15.8. The molecule has 2 N–H and O–H groups in total. The van der Waals surface area contributed by atoms with E-state index in [-0.39, 0.29) is 12.5 Å². The Kier molecular flexibility index (Phi) is 4.85. The van der Waals surface area contributed by atoms with Crippen molar-refractivity contribution < 1.29 is 14.7 Å². The molecule has 1 atom stereocenters. The minimum absolute atomic E-state index is 0.181. The van der Waals surface area contributed by atoms with Gasteiger partial charge in [-0.1, -0.05) is 17.7 Å². The van der Waals surface area contributed by atoms with E-state index in [0.29, 0.717) is 17.3 Å². The number of carbonyl (C=O) groups excluding carboxylic acids is 1. The Balaban J connectivity index is 2.31. The van der Waals surface area contributed by atoms with Crippen LogP contribution in [0.1, 0.15) is 19.8 Å². The molecule has 1 saturated heterocycles. The van der Waals surface area contributed by atoms with Crippen molar-refractivity contribution in [2.24, 2.45) is 5.41 Å². The molecule has 0 bridgehead atoms. The summed E-state index contributed by atoms with van der Waals surface area (Å²) in [6, 6.07) is 6.72. The van der Waals surface area contributed by atoms with Crippen molar-refractivity contribution in [1.29, 1.82) is 0 Å². The van der Waals surface area contributed by atoms with Crippen molar-refractivity contribution in [2.75, 3.05) is 24.5 Å². The molecule has 1 aliphatic rings. The lowest BCUT2D eigenvalue weighted by molar-refractivity contribution is -0.138. The molecule has 1 unspecified atom stereocenters. The summed E-state index contributed by atoms with van der Waals surface area (Å²) in [4.78, 5) is 25.3. The Morgan fingerprint density at radius 1 is 1.48 bits per heavy atom. The monoisotopic (exact) mass is 310 g/mol. The summed E-state index contributed by atoms with van der Waals surface area (Å²) in [5, 5.41) is 12.8. The maximum Gasteiger partial charge on any atom is 0.323 e. The Labute approximate surface area is 128 Å². The molecule has 0 aliphatic carbocycles. The molecule has 21 heavy (non-hydrogen) atoms. The van der Waals surface area contributed by atoms with Gasteiger partial charge in [0.2, 0.25) is 5.91 Å². The highest BCUT2D eigenvalue weighted by molar-refractivity contribution is 6.31. The van der Waals surface area contributed by atoms with Gasteiger partial charge in [0.15, 0.2) is 0 Å². The summed E-state index contributed by atoms with van der Waals surface area (Å²) in [5.41, 5.74) is -0.0718. The van der Waals surface area contributed by atoms with Gasteiger partial charge in [-0.15, -0.1) is 0 Å². The van der Waals surface area contributed by atoms with E-state index in [0.717, 1.165) is 19.4 Å². The third kappa shape index (κ3) is 3.74. The van der Waals surface area contributed by atoms with Gasteiger partial charge in [-0.3, -0.25) is 9.59 Å². The van der Waals surface area contributed by atoms with Crippen molar-refractivity contribution in [2.45, 2.75) is 19.8 Å². The molecule has 6 heteroatoms. The van der Waals surface area contributed by atoms with Crippen LogP contribution in [0.3, 0.4) is 0 Å². The van der Waals surface area contributed by atoms with Crippen LogP contribution in [0.15, 0.2) is 24.3 Å². The number of rotatable bonds is 4. The number of benzene rings is 1. The first-order valence-electron chi connectivity index (χ1n) is 6.92. The van der Waals surface area contributed by atoms with Crippen LogP contribution in [-0.2, 0) is 9.59 Å². The number of piperidine rings is 1. The summed E-state index contributed by atoms with van der Waals surface area (Å²) in [7, 11) is 0. The number of nitrogens with zero attached hydrogens (tertiary/aromatic N) is 1. The quantitative estimate of drug-likeness (QED) is 0.894. The van der Waals surface area contributed by atoms with Crippen LogP contribution in [0.5, 0.6) is 0 Å². The summed E-state index contributed by atoms with van der Waals surface area (Å²) in [6.45, 7) is 2.96. The first-order chi connectivity index (χ1) is 9.92. The van der Waals surface area contributed by atoms with Gasteiger partial charge in [0.25, 0.3) is 0 Å². The van der Waals surface area contributed by atoms with Gasteiger partial charge in [0.05, 0.1) is 5.41 Å². The van der Waals surface area contributed by atoms with Crippen LogP contribution in [0.25, 0.3) is 0 Å². The van der Waals surface area contributed by atoms with Crippen molar-refractivity contribution in [3.63, 3.8) is 0 Å². The van der Waals surface area contributed by atoms with Gasteiger partial charge < -0.3 is 15.3 Å². The molecule has 1 aliphatic heterocycles. The maximum absolute atomic E-state index is 12.8. The zero-order valence-corrected chi connectivity index (χ0v) is 12.7. The fourth-order valence-electron chi connectivity index (χ4n) is 2.62. The second kappa shape index (κ2) is 6.45. The second-order valence-electron chi connectivity index (χ2n) is 5.61. The minimum atomic E-state index is -1.05. The fraction of sp³-hybridized carbons (Fsp3) is 0.467. The van der Waals surface area contributed by atoms with Crippen molar-refractivity contribution in [3.05, 3.63) is 29.3 Å². The predicted molar refractivity (Wildman–Crippen MR) is 81.7 cm³/mol. The molecule has 2 rings (SSSR count). The van der Waals surface area contributed by atoms with Crippen LogP contribution in [0.4, 0.5) is 5.69 Å². The van der Waals surface area contributed by atoms with E-state index in [2.05, 4.69) is 5.32 Å². The largest absolute Gasteiger partial charge is 0.480 e. The number of amides is 1. The number of anilines is 1. The average molecular weight is 311 g/mol. The molecule has 1 fully saturated rings. The topological polar surface area (TPSA) is 69.6 Å². The summed E-state index contributed by atoms with van der Waals surface area (Å²) in [6.07, 6.45) is 1.65. The zero-order valence-electron chi connectivity index (χ0n) is 11.9. The number of hydrogen-bond acceptors (Lipinski definition) is 3. The molecule has 0 radical (unpaired) electrons. The molecule has 1 aromatic rings. The number of nitrogens with one attached hydrogen (secondary N) is 1. The summed E-state index contributed by atoms with van der Waals surface area (Å²) >= 11 is 5.95. The molecular formula is C15H19ClN2O3. The number of carboxylic acid groups (broad SMARTS) is 1. The summed E-state index contributed by atoms with van der Waals surface area (Å²) in [5.74, 6) is -1.23. The van der Waals surface area contributed by atoms with Gasteiger partial charge in [-0.05, 0) is 44.5 Å². The zero-order chi connectivity index (χ0) is 15.5. The van der Waals surface area contributed by atoms with Crippen LogP contribution >= 0.6 is 11.6 Å². The lowest BCUT2D eigenvalue weighted by Crippen LogP contribution is -2.51. The average Bonchev–Trinajstić information content (AvgIpc) is 2.44. The SMILES string of the molecule is CC1(C(=O)N(CC(=O)O)c2cccc(Cl)c2)CCCNC1. The number of hydrogen-bond donors (Lipinski definition) is 2. The molecule has 114 valence electrons. The molecule has 1 heterocycles. The van der Waals surface area contributed by atoms with Crippen LogP contribution in [0.2, 0.25) is 5.02 Å². The molecule has 5 nitrogen and oxygen atoms in total. The molecule has 0 aromatic heterocycles. The molecular weight excluding hydrogens is 292 g/mol. The molecule has 0 spiro atoms. The van der Waals surface area contributed by atoms with Crippen LogP contribution < -0.4 is 10.2 Å². The smallest absolute Gasteiger partial charge is 0.323 e. The second-order valence-corrected chi connectivity index (χ2v) is 6.04. The number of carbonyl (C=O) groups is 2. The van der Waals surface area contributed by atoms with Crippen LogP contribution in [0, 0.1) is 5.41 Å². The number of aliphatic carboxylic acids is 1. The van der Waals surface area contributed by atoms with Crippen molar-refractivity contribution in [3.8, 4) is 0 Å². The van der Waals surface area contributed by atoms with Crippen molar-refractivity contribution >= 4 is 29.2 Å². The van der Waals surface area contributed by atoms with Crippen molar-refractivity contribution in [1.82, 2.24) is 5.32 Å². The van der Waals surface area contributed by atoms with Gasteiger partial charge in [0, 0.05) is 17.3 Å². The Morgan fingerprint density at radius 2 is 2.24 bits per heavy atom. The number of carboxylic acids is 1. The highest BCUT2D eigenvalue weighted by Gasteiger charge is 2.38. The first-order valence-corrected chi connectivity index (χ1v) is 7.30. The number of halogens is 1. The van der Waals surface area contributed by atoms with E-state index in [4.69, 9.17) is 16.7 Å². The van der Waals surface area contributed by atoms with Crippen LogP contribution in [-0.4, -0.2) is 36.6 Å². The minimum Gasteiger partial charge on any atom is -0.480 e. The van der Waals surface area contributed by atoms with E-state index in [1.54, 1.807) is 24.3 Å². The Hall–Kier alpha value is -1.59.